The Labute approximate surface area is 102 Å². The lowest BCUT2D eigenvalue weighted by atomic mass is 10.3. The summed E-state index contributed by atoms with van der Waals surface area (Å²) in [6, 6.07) is 0. The van der Waals surface area contributed by atoms with Crippen LogP contribution in [-0.2, 0) is 4.74 Å². The molecule has 10 nitrogen and oxygen atoms in total. The minimum absolute atomic E-state index is 0.0295. The number of ether oxygens (including phenoxy) is 1. The van der Waals surface area contributed by atoms with E-state index in [2.05, 4.69) is 20.7 Å². The number of aliphatic hydroxyl groups excluding tert-OH is 1. The Morgan fingerprint density at radius 2 is 2.28 bits per heavy atom. The van der Waals surface area contributed by atoms with Gasteiger partial charge in [-0.3, -0.25) is 10.1 Å². The van der Waals surface area contributed by atoms with Crippen molar-refractivity contribution in [2.75, 3.05) is 31.0 Å². The fourth-order valence-electron chi connectivity index (χ4n) is 1.25. The van der Waals surface area contributed by atoms with Gasteiger partial charge < -0.3 is 20.6 Å². The molecule has 1 atom stereocenters. The van der Waals surface area contributed by atoms with E-state index >= 15 is 0 Å². The molecule has 0 aromatic carbocycles. The second-order valence-electron chi connectivity index (χ2n) is 3.31. The van der Waals surface area contributed by atoms with Crippen LogP contribution >= 0.6 is 0 Å². The molecule has 0 radical (unpaired) electrons. The number of methoxy groups -OCH3 is 1. The minimum atomic E-state index is -0.807. The van der Waals surface area contributed by atoms with E-state index in [1.165, 1.54) is 7.11 Å². The fourth-order valence-corrected chi connectivity index (χ4v) is 1.25. The number of hydrogen-bond acceptors (Lipinski definition) is 9. The monoisotopic (exact) mass is 258 g/mol. The topological polar surface area (TPSA) is 148 Å². The average Bonchev–Trinajstić information content (AvgIpc) is 2.35. The van der Waals surface area contributed by atoms with Crippen molar-refractivity contribution >= 4 is 17.3 Å². The predicted molar refractivity (Wildman–Crippen MR) is 62.9 cm³/mol. The summed E-state index contributed by atoms with van der Waals surface area (Å²) in [7, 11) is 1.44. The Balaban J connectivity index is 2.85. The van der Waals surface area contributed by atoms with Crippen LogP contribution in [0.1, 0.15) is 0 Å². The Morgan fingerprint density at radius 1 is 1.61 bits per heavy atom. The molecule has 0 bridgehead atoms. The largest absolute Gasteiger partial charge is 0.389 e. The molecule has 0 fully saturated rings. The van der Waals surface area contributed by atoms with E-state index < -0.39 is 11.0 Å². The average molecular weight is 258 g/mol. The number of anilines is 2. The van der Waals surface area contributed by atoms with Gasteiger partial charge in [-0.2, -0.15) is 0 Å². The lowest BCUT2D eigenvalue weighted by molar-refractivity contribution is -0.383. The smallest absolute Gasteiger partial charge is 0.354 e. The van der Waals surface area contributed by atoms with E-state index in [1.807, 2.05) is 0 Å². The second kappa shape index (κ2) is 6.64. The van der Waals surface area contributed by atoms with E-state index in [4.69, 9.17) is 10.6 Å². The van der Waals surface area contributed by atoms with Crippen LogP contribution in [-0.4, -0.2) is 46.4 Å². The summed E-state index contributed by atoms with van der Waals surface area (Å²) < 4.78 is 4.73. The highest BCUT2D eigenvalue weighted by atomic mass is 16.6. The Kier molecular flexibility index (Phi) is 5.17. The van der Waals surface area contributed by atoms with Crippen LogP contribution in [0, 0.1) is 10.1 Å². The van der Waals surface area contributed by atoms with Crippen LogP contribution in [0.3, 0.4) is 0 Å². The van der Waals surface area contributed by atoms with Crippen molar-refractivity contribution in [2.24, 2.45) is 5.84 Å². The van der Waals surface area contributed by atoms with Crippen molar-refractivity contribution in [1.29, 1.82) is 0 Å². The third kappa shape index (κ3) is 3.48. The van der Waals surface area contributed by atoms with Crippen LogP contribution in [0.25, 0.3) is 0 Å². The summed E-state index contributed by atoms with van der Waals surface area (Å²) in [5.41, 5.74) is 1.73. The zero-order valence-corrected chi connectivity index (χ0v) is 9.66. The molecule has 1 rings (SSSR count). The van der Waals surface area contributed by atoms with Crippen LogP contribution in [0.5, 0.6) is 0 Å². The van der Waals surface area contributed by atoms with E-state index in [1.54, 1.807) is 0 Å². The summed E-state index contributed by atoms with van der Waals surface area (Å²) in [4.78, 5) is 17.6. The highest BCUT2D eigenvalue weighted by molar-refractivity contribution is 5.68. The van der Waals surface area contributed by atoms with Gasteiger partial charge in [-0.15, -0.1) is 0 Å². The van der Waals surface area contributed by atoms with Gasteiger partial charge in [0.1, 0.15) is 6.33 Å². The second-order valence-corrected chi connectivity index (χ2v) is 3.31. The first kappa shape index (κ1) is 14.0. The maximum absolute atomic E-state index is 10.9. The maximum Gasteiger partial charge on any atom is 0.354 e. The number of nitro groups is 1. The molecule has 0 aliphatic rings. The first-order chi connectivity index (χ1) is 8.60. The molecule has 0 aliphatic heterocycles. The number of hydrogen-bond donors (Lipinski definition) is 4. The molecule has 1 aromatic rings. The normalized spacial score (nSPS) is 11.9. The van der Waals surface area contributed by atoms with E-state index in [9.17, 15) is 15.2 Å². The van der Waals surface area contributed by atoms with Gasteiger partial charge >= 0.3 is 5.69 Å². The van der Waals surface area contributed by atoms with Crippen molar-refractivity contribution in [2.45, 2.75) is 6.10 Å². The molecule has 10 heteroatoms. The molecular weight excluding hydrogens is 244 g/mol. The van der Waals surface area contributed by atoms with Crippen LogP contribution < -0.4 is 16.6 Å². The summed E-state index contributed by atoms with van der Waals surface area (Å²) in [6.07, 6.45) is 0.312. The molecule has 1 aromatic heterocycles. The number of nitrogens with zero attached hydrogens (tertiary/aromatic N) is 3. The summed E-state index contributed by atoms with van der Waals surface area (Å²) in [5, 5.41) is 22.9. The molecule has 0 saturated carbocycles. The van der Waals surface area contributed by atoms with Gasteiger partial charge in [0.05, 0.1) is 17.6 Å². The van der Waals surface area contributed by atoms with Crippen molar-refractivity contribution in [3.63, 3.8) is 0 Å². The molecule has 100 valence electrons. The number of nitrogens with two attached hydrogens (primary N) is 1. The third-order valence-corrected chi connectivity index (χ3v) is 2.01. The molecule has 0 amide bonds. The zero-order valence-electron chi connectivity index (χ0n) is 9.66. The molecule has 0 saturated heterocycles. The predicted octanol–water partition coefficient (Wildman–Crippen LogP) is -0.910. The molecule has 1 unspecified atom stereocenters. The van der Waals surface area contributed by atoms with Gasteiger partial charge in [0.15, 0.2) is 0 Å². The van der Waals surface area contributed by atoms with Crippen molar-refractivity contribution < 1.29 is 14.8 Å². The summed E-state index contributed by atoms with van der Waals surface area (Å²) in [6.45, 7) is 0.156. The number of aliphatic hydroxyl groups is 1. The highest BCUT2D eigenvalue weighted by Crippen LogP contribution is 2.27. The van der Waals surface area contributed by atoms with Gasteiger partial charge in [0.25, 0.3) is 0 Å². The van der Waals surface area contributed by atoms with Crippen molar-refractivity contribution in [3.05, 3.63) is 16.4 Å². The van der Waals surface area contributed by atoms with E-state index in [0.717, 1.165) is 6.33 Å². The number of nitrogens with one attached hydrogen (secondary N) is 2. The SMILES string of the molecule is COCC(O)CNc1ncnc(NN)c1[N+](=O)[O-]. The first-order valence-electron chi connectivity index (χ1n) is 4.97. The fraction of sp³-hybridized carbons (Fsp3) is 0.500. The summed E-state index contributed by atoms with van der Waals surface area (Å²) >= 11 is 0. The van der Waals surface area contributed by atoms with Crippen molar-refractivity contribution in [1.82, 2.24) is 9.97 Å². The highest BCUT2D eigenvalue weighted by Gasteiger charge is 2.22. The number of aromatic nitrogens is 2. The van der Waals surface area contributed by atoms with Crippen LogP contribution in [0.4, 0.5) is 17.3 Å². The van der Waals surface area contributed by atoms with Crippen LogP contribution in [0.2, 0.25) is 0 Å². The maximum atomic E-state index is 10.9. The minimum Gasteiger partial charge on any atom is -0.389 e. The number of hydrazine groups is 1. The number of rotatable bonds is 7. The van der Waals surface area contributed by atoms with Crippen molar-refractivity contribution in [3.8, 4) is 0 Å². The third-order valence-electron chi connectivity index (χ3n) is 2.01. The van der Waals surface area contributed by atoms with Gasteiger partial charge in [0.2, 0.25) is 11.6 Å². The molecule has 1 heterocycles. The Morgan fingerprint density at radius 3 is 2.83 bits per heavy atom. The van der Waals surface area contributed by atoms with E-state index in [0.29, 0.717) is 0 Å². The Hall–Kier alpha value is -2.04. The standard InChI is InChI=1S/C8H14N6O4/c1-18-3-5(15)2-10-7-6(14(16)17)8(13-9)12-4-11-7/h4-5,15H,2-3,9H2,1H3,(H2,10,11,12,13). The lowest BCUT2D eigenvalue weighted by Gasteiger charge is -2.11. The zero-order chi connectivity index (χ0) is 13.5. The Bertz CT molecular complexity index is 415. The van der Waals surface area contributed by atoms with Gasteiger partial charge in [-0.05, 0) is 0 Å². The van der Waals surface area contributed by atoms with E-state index in [-0.39, 0.29) is 30.5 Å². The molecular formula is C8H14N6O4. The molecule has 5 N–H and O–H groups in total. The van der Waals surface area contributed by atoms with Gasteiger partial charge in [0, 0.05) is 13.7 Å². The van der Waals surface area contributed by atoms with Gasteiger partial charge in [-0.1, -0.05) is 0 Å². The lowest BCUT2D eigenvalue weighted by Crippen LogP contribution is -2.25. The molecule has 0 spiro atoms. The van der Waals surface area contributed by atoms with Gasteiger partial charge in [-0.25, -0.2) is 15.8 Å². The molecule has 0 aliphatic carbocycles. The van der Waals surface area contributed by atoms with Crippen LogP contribution in [0.15, 0.2) is 6.33 Å². The first-order valence-corrected chi connectivity index (χ1v) is 4.97. The molecule has 18 heavy (non-hydrogen) atoms. The number of nitrogen functional groups attached to an aromatic ring is 1. The quantitative estimate of drug-likeness (QED) is 0.277. The summed E-state index contributed by atoms with van der Waals surface area (Å²) in [5.74, 6) is 4.98.